The summed E-state index contributed by atoms with van der Waals surface area (Å²) in [5, 5.41) is 28.2. The number of para-hydroxylation sites is 1. The van der Waals surface area contributed by atoms with Gasteiger partial charge in [0.1, 0.15) is 36.3 Å². The number of likely N-dealkylation sites (tertiary alicyclic amines) is 1. The lowest BCUT2D eigenvalue weighted by molar-refractivity contribution is -0.142. The van der Waals surface area contributed by atoms with Gasteiger partial charge in [-0.05, 0) is 55.6 Å². The minimum absolute atomic E-state index is 0.00900. The van der Waals surface area contributed by atoms with E-state index in [4.69, 9.17) is 5.73 Å². The average Bonchev–Trinajstić information content (AvgIpc) is 3.89. The zero-order valence-corrected chi connectivity index (χ0v) is 36.6. The number of carbonyl (C=O) groups excluding carboxylic acids is 8. The van der Waals surface area contributed by atoms with Crippen molar-refractivity contribution in [1.29, 1.82) is 0 Å². The minimum Gasteiger partial charge on any atom is -0.480 e. The number of aromatic amines is 1. The molecule has 0 saturated carbocycles. The highest BCUT2D eigenvalue weighted by Crippen LogP contribution is 2.21. The van der Waals surface area contributed by atoms with E-state index in [1.807, 2.05) is 38.1 Å². The summed E-state index contributed by atoms with van der Waals surface area (Å²) in [6.45, 7) is 10.9. The summed E-state index contributed by atoms with van der Waals surface area (Å²) in [5.74, 6) is -7.05. The molecule has 342 valence electrons. The van der Waals surface area contributed by atoms with Crippen LogP contribution in [0.1, 0.15) is 79.7 Å². The monoisotopic (exact) mass is 868 g/mol. The molecule has 20 nitrogen and oxygen atoms in total. The molecule has 2 heterocycles. The molecule has 0 radical (unpaired) electrons. The van der Waals surface area contributed by atoms with E-state index < -0.39 is 108 Å². The molecule has 0 spiro atoms. The zero-order valence-electron chi connectivity index (χ0n) is 36.6. The van der Waals surface area contributed by atoms with Crippen molar-refractivity contribution in [2.45, 2.75) is 117 Å². The Morgan fingerprint density at radius 2 is 1.44 bits per heavy atom. The third kappa shape index (κ3) is 14.6. The molecule has 0 unspecified atom stereocenters. The number of nitrogens with one attached hydrogen (secondary N) is 8. The van der Waals surface area contributed by atoms with Crippen LogP contribution < -0.4 is 43.0 Å². The van der Waals surface area contributed by atoms with E-state index in [1.54, 1.807) is 33.9 Å². The lowest BCUT2D eigenvalue weighted by atomic mass is 9.98. The van der Waals surface area contributed by atoms with Crippen molar-refractivity contribution >= 4 is 64.1 Å². The largest absolute Gasteiger partial charge is 0.480 e. The topological polar surface area (TPSA) is 303 Å². The predicted molar refractivity (Wildman–Crippen MR) is 229 cm³/mol. The fraction of sp³-hybridized carbons (Fsp3) is 0.595. The first-order valence-corrected chi connectivity index (χ1v) is 21.1. The first-order chi connectivity index (χ1) is 29.3. The molecule has 1 aliphatic rings. The molecule has 0 aliphatic carbocycles. The summed E-state index contributed by atoms with van der Waals surface area (Å²) in [6, 6.07) is 0.902. The fourth-order valence-electron chi connectivity index (χ4n) is 7.06. The quantitative estimate of drug-likeness (QED) is 0.0658. The van der Waals surface area contributed by atoms with Crippen molar-refractivity contribution in [3.05, 3.63) is 36.0 Å². The molecular formula is C42H64N10O10. The third-order valence-electron chi connectivity index (χ3n) is 10.8. The second kappa shape index (κ2) is 23.8. The summed E-state index contributed by atoms with van der Waals surface area (Å²) >= 11 is 0. The number of carboxylic acids is 1. The number of nitrogens with zero attached hydrogens (tertiary/aromatic N) is 1. The van der Waals surface area contributed by atoms with Gasteiger partial charge in [0.15, 0.2) is 0 Å². The number of nitrogens with two attached hydrogens (primary N) is 1. The maximum absolute atomic E-state index is 13.7. The third-order valence-corrected chi connectivity index (χ3v) is 10.8. The van der Waals surface area contributed by atoms with E-state index in [0.29, 0.717) is 24.8 Å². The second-order valence-corrected chi connectivity index (χ2v) is 16.5. The van der Waals surface area contributed by atoms with E-state index in [1.165, 1.54) is 11.8 Å². The van der Waals surface area contributed by atoms with Crippen LogP contribution in [-0.4, -0.2) is 131 Å². The van der Waals surface area contributed by atoms with E-state index in [9.17, 15) is 48.3 Å². The number of fused-ring (bicyclic) bond motifs is 1. The Balaban J connectivity index is 1.68. The number of hydrogen-bond acceptors (Lipinski definition) is 10. The van der Waals surface area contributed by atoms with Crippen LogP contribution in [0.3, 0.4) is 0 Å². The molecule has 1 aromatic carbocycles. The smallest absolute Gasteiger partial charge is 0.326 e. The Bertz CT molecular complexity index is 1930. The molecule has 8 amide bonds. The number of carboxylic acid groups (broad SMARTS) is 1. The van der Waals surface area contributed by atoms with E-state index >= 15 is 0 Å². The number of amides is 8. The van der Waals surface area contributed by atoms with E-state index in [2.05, 4.69) is 42.2 Å². The van der Waals surface area contributed by atoms with Crippen LogP contribution in [0.5, 0.6) is 0 Å². The van der Waals surface area contributed by atoms with Crippen molar-refractivity contribution in [2.75, 3.05) is 26.2 Å². The standard InChI is InChI=1S/C42H64N10O10/c1-8-24(6)36(40(59)47-25(7)37(56)49-30(42(61)62)16-22(2)3)51-34(55)21-45-38(57)29(17-26-19-44-28-13-10-9-12-27(26)28)48-33(54)20-46-39(58)31-14-11-15-52(31)41(60)35(23(4)5)50-32(53)18-43/h9-10,12-13,19,22-25,29-31,35-36,44H,8,11,14-18,20-21,43H2,1-7H3,(H,45,57)(H,46,58)(H,47,59)(H,48,54)(H,49,56)(H,50,53)(H,51,55)(H,61,62)/t24-,25-,29-,30-,31-,35-,36-/m0/s1. The summed E-state index contributed by atoms with van der Waals surface area (Å²) < 4.78 is 0. The average molecular weight is 869 g/mol. The van der Waals surface area contributed by atoms with Crippen molar-refractivity contribution in [3.8, 4) is 0 Å². The lowest BCUT2D eigenvalue weighted by Gasteiger charge is -2.30. The molecule has 1 fully saturated rings. The van der Waals surface area contributed by atoms with Crippen LogP contribution in [-0.2, 0) is 49.6 Å². The van der Waals surface area contributed by atoms with Crippen LogP contribution in [0.4, 0.5) is 0 Å². The summed E-state index contributed by atoms with van der Waals surface area (Å²) in [7, 11) is 0. The Labute approximate surface area is 361 Å². The minimum atomic E-state index is -1.23. The summed E-state index contributed by atoms with van der Waals surface area (Å²) in [4.78, 5) is 121. The normalized spacial score (nSPS) is 16.6. The zero-order chi connectivity index (χ0) is 46.3. The number of carbonyl (C=O) groups is 9. The Morgan fingerprint density at radius 1 is 0.790 bits per heavy atom. The molecule has 1 aromatic heterocycles. The number of aliphatic carboxylic acids is 1. The SMILES string of the molecule is CC[C@H](C)[C@H](NC(=O)CNC(=O)[C@H](Cc1c[nH]c2ccccc12)NC(=O)CNC(=O)[C@@H]1CCCN1C(=O)[C@@H](NC(=O)CN)C(C)C)C(=O)N[C@@H](C)C(=O)N[C@@H](CC(C)C)C(=O)O. The number of rotatable bonds is 23. The highest BCUT2D eigenvalue weighted by Gasteiger charge is 2.39. The van der Waals surface area contributed by atoms with Crippen LogP contribution in [0.25, 0.3) is 10.9 Å². The summed E-state index contributed by atoms with van der Waals surface area (Å²) in [5.41, 5.74) is 6.90. The molecule has 1 saturated heterocycles. The van der Waals surface area contributed by atoms with Crippen molar-refractivity contribution in [1.82, 2.24) is 47.1 Å². The Kier molecular flexibility index (Phi) is 19.3. The van der Waals surface area contributed by atoms with Gasteiger partial charge in [-0.2, -0.15) is 0 Å². The second-order valence-electron chi connectivity index (χ2n) is 16.5. The molecule has 7 atom stereocenters. The Hall–Kier alpha value is -6.05. The number of H-pyrrole nitrogens is 1. The van der Waals surface area contributed by atoms with Gasteiger partial charge in [-0.25, -0.2) is 4.79 Å². The molecule has 20 heteroatoms. The molecular weight excluding hydrogens is 805 g/mol. The van der Waals surface area contributed by atoms with Gasteiger partial charge in [-0.1, -0.05) is 66.2 Å². The summed E-state index contributed by atoms with van der Waals surface area (Å²) in [6.07, 6.45) is 3.19. The van der Waals surface area contributed by atoms with Gasteiger partial charge in [-0.3, -0.25) is 38.4 Å². The molecule has 2 aromatic rings. The van der Waals surface area contributed by atoms with Gasteiger partial charge >= 0.3 is 5.97 Å². The first-order valence-electron chi connectivity index (χ1n) is 21.1. The number of benzene rings is 1. The molecule has 3 rings (SSSR count). The van der Waals surface area contributed by atoms with Crippen LogP contribution >= 0.6 is 0 Å². The molecule has 11 N–H and O–H groups in total. The van der Waals surface area contributed by atoms with Gasteiger partial charge in [-0.15, -0.1) is 0 Å². The van der Waals surface area contributed by atoms with Gasteiger partial charge in [0.2, 0.25) is 47.3 Å². The fourth-order valence-corrected chi connectivity index (χ4v) is 7.06. The maximum Gasteiger partial charge on any atom is 0.326 e. The molecule has 0 bridgehead atoms. The van der Waals surface area contributed by atoms with E-state index in [0.717, 1.165) is 10.9 Å². The number of hydrogen-bond donors (Lipinski definition) is 10. The van der Waals surface area contributed by atoms with Gasteiger partial charge in [0.05, 0.1) is 19.6 Å². The van der Waals surface area contributed by atoms with Crippen LogP contribution in [0, 0.1) is 17.8 Å². The highest BCUT2D eigenvalue weighted by molar-refractivity contribution is 5.97. The van der Waals surface area contributed by atoms with Crippen LogP contribution in [0.15, 0.2) is 30.5 Å². The van der Waals surface area contributed by atoms with Crippen molar-refractivity contribution in [3.63, 3.8) is 0 Å². The van der Waals surface area contributed by atoms with Crippen molar-refractivity contribution in [2.24, 2.45) is 23.5 Å². The number of aromatic nitrogens is 1. The van der Waals surface area contributed by atoms with Gasteiger partial charge < -0.3 is 57.9 Å². The maximum atomic E-state index is 13.7. The van der Waals surface area contributed by atoms with Gasteiger partial charge in [0, 0.05) is 30.1 Å². The molecule has 62 heavy (non-hydrogen) atoms. The van der Waals surface area contributed by atoms with Gasteiger partial charge in [0.25, 0.3) is 0 Å². The van der Waals surface area contributed by atoms with Crippen LogP contribution in [0.2, 0.25) is 0 Å². The Morgan fingerprint density at radius 3 is 2.06 bits per heavy atom. The highest BCUT2D eigenvalue weighted by atomic mass is 16.4. The lowest BCUT2D eigenvalue weighted by Crippen LogP contribution is -2.58. The predicted octanol–water partition coefficient (Wildman–Crippen LogP) is -0.831. The first kappa shape index (κ1) is 50.3. The molecule has 1 aliphatic heterocycles. The van der Waals surface area contributed by atoms with Crippen molar-refractivity contribution < 1.29 is 48.3 Å². The van der Waals surface area contributed by atoms with E-state index in [-0.39, 0.29) is 37.8 Å².